The smallest absolute Gasteiger partial charge is 0.281 e. The molecule has 176 valence electrons. The highest BCUT2D eigenvalue weighted by Crippen LogP contribution is 2.30. The maximum Gasteiger partial charge on any atom is 0.281 e. The van der Waals surface area contributed by atoms with Crippen LogP contribution in [-0.4, -0.2) is 17.2 Å². The van der Waals surface area contributed by atoms with E-state index >= 15 is 0 Å². The molecule has 0 bridgehead atoms. The van der Waals surface area contributed by atoms with E-state index in [2.05, 4.69) is 64.3 Å². The average molecular weight is 576 g/mol. The maximum atomic E-state index is 13.1. The van der Waals surface area contributed by atoms with Crippen LogP contribution < -0.4 is 10.2 Å². The van der Waals surface area contributed by atoms with Gasteiger partial charge in [0.05, 0.1) is 9.78 Å². The number of hydrogen-bond donors (Lipinski definition) is 2. The zero-order valence-electron chi connectivity index (χ0n) is 19.2. The van der Waals surface area contributed by atoms with Crippen LogP contribution in [0, 0.1) is 10.5 Å². The number of benzene rings is 4. The fraction of sp³-hybridized carbons (Fsp3) is 0.103. The molecule has 0 radical (unpaired) electrons. The quantitative estimate of drug-likeness (QED) is 0.164. The summed E-state index contributed by atoms with van der Waals surface area (Å²) in [5, 5.41) is 15.6. The number of ether oxygens (including phenoxy) is 1. The molecule has 0 saturated carbocycles. The molecule has 5 nitrogen and oxygen atoms in total. The van der Waals surface area contributed by atoms with E-state index in [1.807, 2.05) is 30.3 Å². The Hall–Kier alpha value is -3.49. The highest BCUT2D eigenvalue weighted by molar-refractivity contribution is 14.1. The maximum absolute atomic E-state index is 13.1. The van der Waals surface area contributed by atoms with Crippen LogP contribution in [0.3, 0.4) is 0 Å². The van der Waals surface area contributed by atoms with Gasteiger partial charge in [-0.3, -0.25) is 4.79 Å². The number of amides is 1. The minimum absolute atomic E-state index is 0.462. The van der Waals surface area contributed by atoms with Gasteiger partial charge in [0.1, 0.15) is 12.4 Å². The van der Waals surface area contributed by atoms with Crippen molar-refractivity contribution in [2.75, 3.05) is 0 Å². The van der Waals surface area contributed by atoms with Crippen molar-refractivity contribution in [3.05, 3.63) is 135 Å². The number of rotatable bonds is 8. The number of carbonyl (C=O) groups is 1. The summed E-state index contributed by atoms with van der Waals surface area (Å²) in [6.07, 6.45) is 1.54. The Morgan fingerprint density at radius 3 is 2.11 bits per heavy atom. The molecule has 0 unspecified atom stereocenters. The molecule has 0 aliphatic rings. The molecule has 0 spiro atoms. The number of carbonyl (C=O) groups excluding carboxylic acids is 1. The molecule has 1 amide bonds. The van der Waals surface area contributed by atoms with Gasteiger partial charge in [-0.2, -0.15) is 5.10 Å². The number of hydrogen-bond acceptors (Lipinski definition) is 4. The largest absolute Gasteiger partial charge is 0.488 e. The van der Waals surface area contributed by atoms with Crippen molar-refractivity contribution in [1.29, 1.82) is 0 Å². The molecular formula is C29H25IN2O3. The van der Waals surface area contributed by atoms with Gasteiger partial charge in [0.25, 0.3) is 5.91 Å². The second-order valence-electron chi connectivity index (χ2n) is 8.11. The van der Waals surface area contributed by atoms with Crippen LogP contribution in [0.4, 0.5) is 0 Å². The van der Waals surface area contributed by atoms with Gasteiger partial charge in [-0.25, -0.2) is 5.43 Å². The van der Waals surface area contributed by atoms with Gasteiger partial charge in [0.2, 0.25) is 0 Å². The Bertz CT molecular complexity index is 1270. The summed E-state index contributed by atoms with van der Waals surface area (Å²) in [7, 11) is 0. The summed E-state index contributed by atoms with van der Waals surface area (Å²) in [5.41, 5.74) is 4.66. The van der Waals surface area contributed by atoms with Crippen molar-refractivity contribution in [3.63, 3.8) is 0 Å². The standard InChI is InChI=1S/C29H25IN2O3/c1-21-12-14-22(15-13-21)20-35-27-17-16-23(18-26(27)30)19-31-32-28(33)29(34,24-8-4-2-5-9-24)25-10-6-3-7-11-25/h2-19,34H,20H2,1H3,(H,32,33)/b31-19+. The van der Waals surface area contributed by atoms with Crippen molar-refractivity contribution >= 4 is 34.7 Å². The lowest BCUT2D eigenvalue weighted by atomic mass is 9.85. The van der Waals surface area contributed by atoms with Crippen LogP contribution in [0.25, 0.3) is 0 Å². The predicted molar refractivity (Wildman–Crippen MR) is 146 cm³/mol. The zero-order chi connectivity index (χ0) is 24.7. The van der Waals surface area contributed by atoms with E-state index < -0.39 is 11.5 Å². The molecule has 0 saturated heterocycles. The Kier molecular flexibility index (Phi) is 7.94. The summed E-state index contributed by atoms with van der Waals surface area (Å²) in [4.78, 5) is 13.1. The van der Waals surface area contributed by atoms with E-state index in [0.717, 1.165) is 20.4 Å². The Morgan fingerprint density at radius 1 is 0.943 bits per heavy atom. The number of aliphatic hydroxyl groups is 1. The van der Waals surface area contributed by atoms with E-state index in [-0.39, 0.29) is 0 Å². The summed E-state index contributed by atoms with van der Waals surface area (Å²) >= 11 is 2.21. The normalized spacial score (nSPS) is 11.4. The SMILES string of the molecule is Cc1ccc(COc2ccc(/C=N/NC(=O)C(O)(c3ccccc3)c3ccccc3)cc2I)cc1. The first-order valence-corrected chi connectivity index (χ1v) is 12.2. The van der Waals surface area contributed by atoms with Gasteiger partial charge in [-0.1, -0.05) is 90.5 Å². The van der Waals surface area contributed by atoms with Crippen LogP contribution in [-0.2, 0) is 17.0 Å². The number of nitrogens with one attached hydrogen (secondary N) is 1. The van der Waals surface area contributed by atoms with E-state index in [0.29, 0.717) is 17.7 Å². The summed E-state index contributed by atoms with van der Waals surface area (Å²) < 4.78 is 6.87. The van der Waals surface area contributed by atoms with Crippen LogP contribution in [0.1, 0.15) is 27.8 Å². The number of aryl methyl sites for hydroxylation is 1. The predicted octanol–water partition coefficient (Wildman–Crippen LogP) is 5.56. The molecule has 0 atom stereocenters. The second-order valence-corrected chi connectivity index (χ2v) is 9.27. The summed E-state index contributed by atoms with van der Waals surface area (Å²) in [5.74, 6) is 0.133. The minimum atomic E-state index is -1.87. The highest BCUT2D eigenvalue weighted by Gasteiger charge is 2.39. The van der Waals surface area contributed by atoms with E-state index in [9.17, 15) is 9.90 Å². The van der Waals surface area contributed by atoms with E-state index in [1.54, 1.807) is 54.7 Å². The van der Waals surface area contributed by atoms with Crippen LogP contribution in [0.5, 0.6) is 5.75 Å². The van der Waals surface area contributed by atoms with Crippen LogP contribution in [0.15, 0.2) is 108 Å². The monoisotopic (exact) mass is 576 g/mol. The van der Waals surface area contributed by atoms with Gasteiger partial charge >= 0.3 is 0 Å². The molecule has 0 aliphatic carbocycles. The van der Waals surface area contributed by atoms with Gasteiger partial charge in [-0.05, 0) is 70.0 Å². The molecule has 0 aliphatic heterocycles. The van der Waals surface area contributed by atoms with Gasteiger partial charge < -0.3 is 9.84 Å². The van der Waals surface area contributed by atoms with E-state index in [4.69, 9.17) is 4.74 Å². The van der Waals surface area contributed by atoms with Gasteiger partial charge in [-0.15, -0.1) is 0 Å². The second kappa shape index (κ2) is 11.3. The highest BCUT2D eigenvalue weighted by atomic mass is 127. The molecule has 4 rings (SSSR count). The van der Waals surface area contributed by atoms with Crippen LogP contribution >= 0.6 is 22.6 Å². The fourth-order valence-electron chi connectivity index (χ4n) is 3.59. The van der Waals surface area contributed by atoms with Crippen molar-refractivity contribution in [2.45, 2.75) is 19.1 Å². The third kappa shape index (κ3) is 5.96. The molecule has 35 heavy (non-hydrogen) atoms. The van der Waals surface area contributed by atoms with Gasteiger partial charge in [0, 0.05) is 0 Å². The fourth-order valence-corrected chi connectivity index (χ4v) is 4.29. The van der Waals surface area contributed by atoms with Crippen LogP contribution in [0.2, 0.25) is 0 Å². The van der Waals surface area contributed by atoms with Crippen molar-refractivity contribution in [2.24, 2.45) is 5.10 Å². The molecule has 2 N–H and O–H groups in total. The first-order chi connectivity index (χ1) is 17.0. The topological polar surface area (TPSA) is 70.9 Å². The van der Waals surface area contributed by atoms with Crippen molar-refractivity contribution in [1.82, 2.24) is 5.43 Å². The summed E-state index contributed by atoms with van der Waals surface area (Å²) in [6.45, 7) is 2.54. The number of hydrazone groups is 1. The lowest BCUT2D eigenvalue weighted by molar-refractivity contribution is -0.136. The molecule has 4 aromatic rings. The molecule has 0 aromatic heterocycles. The molecule has 6 heteroatoms. The first-order valence-electron chi connectivity index (χ1n) is 11.1. The Morgan fingerprint density at radius 2 is 1.54 bits per heavy atom. The lowest BCUT2D eigenvalue weighted by Crippen LogP contribution is -2.43. The first kappa shape index (κ1) is 24.6. The summed E-state index contributed by atoms with van der Waals surface area (Å²) in [6, 6.07) is 31.6. The number of halogens is 1. The zero-order valence-corrected chi connectivity index (χ0v) is 21.3. The number of nitrogens with zero attached hydrogens (tertiary/aromatic N) is 1. The molecular weight excluding hydrogens is 551 g/mol. The molecule has 0 fully saturated rings. The third-order valence-electron chi connectivity index (χ3n) is 5.56. The molecule has 4 aromatic carbocycles. The molecule has 0 heterocycles. The minimum Gasteiger partial charge on any atom is -0.488 e. The lowest BCUT2D eigenvalue weighted by Gasteiger charge is -2.27. The van der Waals surface area contributed by atoms with Gasteiger partial charge in [0.15, 0.2) is 5.60 Å². The average Bonchev–Trinajstić information content (AvgIpc) is 2.89. The van der Waals surface area contributed by atoms with E-state index in [1.165, 1.54) is 5.56 Å². The Balaban J connectivity index is 1.45. The third-order valence-corrected chi connectivity index (χ3v) is 6.41. The van der Waals surface area contributed by atoms with Crippen molar-refractivity contribution < 1.29 is 14.6 Å². The Labute approximate surface area is 218 Å². The van der Waals surface area contributed by atoms with Crippen molar-refractivity contribution in [3.8, 4) is 5.75 Å².